The van der Waals surface area contributed by atoms with Crippen molar-refractivity contribution < 1.29 is 22.4 Å². The molecule has 9 heteroatoms. The van der Waals surface area contributed by atoms with E-state index in [1.807, 2.05) is 0 Å². The van der Waals surface area contributed by atoms with E-state index in [9.17, 15) is 22.4 Å². The van der Waals surface area contributed by atoms with Crippen LogP contribution >= 0.6 is 0 Å². The predicted octanol–water partition coefficient (Wildman–Crippen LogP) is 3.66. The van der Waals surface area contributed by atoms with E-state index in [0.29, 0.717) is 0 Å². The third-order valence-electron chi connectivity index (χ3n) is 4.01. The lowest BCUT2D eigenvalue weighted by Crippen LogP contribution is -2.16. The summed E-state index contributed by atoms with van der Waals surface area (Å²) in [6.07, 6.45) is -6.01. The zero-order valence-corrected chi connectivity index (χ0v) is 13.0. The minimum Gasteiger partial charge on any atom is -0.321 e. The first-order valence-corrected chi connectivity index (χ1v) is 7.75. The molecular weight excluding hydrogens is 340 g/mol. The molecule has 25 heavy (non-hydrogen) atoms. The van der Waals surface area contributed by atoms with Gasteiger partial charge in [0.15, 0.2) is 5.69 Å². The standard InChI is InChI=1S/C16H16F4N4O/c17-14(16(18,19)20)9-3-5-10(6-4-9)22-15(25)13-8-12(23-24-13)11-2-1-7-21-11/h3-6,8,11,14,21H,1-2,7H2,(H,22,25)(H,23,24). The summed E-state index contributed by atoms with van der Waals surface area (Å²) in [5.41, 5.74) is 0.724. The first-order valence-electron chi connectivity index (χ1n) is 7.75. The first-order chi connectivity index (χ1) is 11.8. The summed E-state index contributed by atoms with van der Waals surface area (Å²) in [5, 5.41) is 12.6. The van der Waals surface area contributed by atoms with Crippen LogP contribution in [0.25, 0.3) is 0 Å². The van der Waals surface area contributed by atoms with Crippen LogP contribution < -0.4 is 10.6 Å². The minimum atomic E-state index is -4.95. The molecule has 0 saturated carbocycles. The third kappa shape index (κ3) is 3.98. The lowest BCUT2D eigenvalue weighted by molar-refractivity contribution is -0.182. The number of H-pyrrole nitrogens is 1. The fraction of sp³-hybridized carbons (Fsp3) is 0.375. The van der Waals surface area contributed by atoms with E-state index < -0.39 is 23.8 Å². The molecule has 1 aliphatic rings. The quantitative estimate of drug-likeness (QED) is 0.733. The number of nitrogens with zero attached hydrogens (tertiary/aromatic N) is 1. The second-order valence-corrected chi connectivity index (χ2v) is 5.84. The van der Waals surface area contributed by atoms with Gasteiger partial charge in [-0.25, -0.2) is 4.39 Å². The number of rotatable bonds is 4. The Morgan fingerprint density at radius 1 is 1.28 bits per heavy atom. The van der Waals surface area contributed by atoms with Gasteiger partial charge in [0.05, 0.1) is 5.69 Å². The number of aromatic amines is 1. The minimum absolute atomic E-state index is 0.136. The molecule has 1 saturated heterocycles. The summed E-state index contributed by atoms with van der Waals surface area (Å²) in [5.74, 6) is -0.499. The Hall–Kier alpha value is -2.42. The van der Waals surface area contributed by atoms with E-state index >= 15 is 0 Å². The van der Waals surface area contributed by atoms with Crippen LogP contribution in [-0.4, -0.2) is 28.8 Å². The molecule has 1 amide bonds. The highest BCUT2D eigenvalue weighted by Gasteiger charge is 2.41. The molecular formula is C16H16F4N4O. The Labute approximate surface area is 140 Å². The topological polar surface area (TPSA) is 69.8 Å². The molecule has 1 aromatic carbocycles. The van der Waals surface area contributed by atoms with Crippen LogP contribution in [0.5, 0.6) is 0 Å². The number of alkyl halides is 4. The lowest BCUT2D eigenvalue weighted by atomic mass is 10.1. The van der Waals surface area contributed by atoms with Gasteiger partial charge in [0, 0.05) is 11.7 Å². The molecule has 5 nitrogen and oxygen atoms in total. The molecule has 0 radical (unpaired) electrons. The molecule has 0 bridgehead atoms. The number of anilines is 1. The molecule has 134 valence electrons. The van der Waals surface area contributed by atoms with Crippen LogP contribution in [0.1, 0.15) is 46.8 Å². The van der Waals surface area contributed by atoms with Crippen LogP contribution in [-0.2, 0) is 0 Å². The van der Waals surface area contributed by atoms with Crippen LogP contribution in [0, 0.1) is 0 Å². The van der Waals surface area contributed by atoms with Crippen LogP contribution in [0.3, 0.4) is 0 Å². The molecule has 0 aliphatic carbocycles. The summed E-state index contributed by atoms with van der Waals surface area (Å²) < 4.78 is 50.2. The highest BCUT2D eigenvalue weighted by molar-refractivity contribution is 6.02. The van der Waals surface area contributed by atoms with E-state index in [0.717, 1.165) is 37.2 Å². The van der Waals surface area contributed by atoms with E-state index in [1.54, 1.807) is 6.07 Å². The van der Waals surface area contributed by atoms with Gasteiger partial charge >= 0.3 is 6.18 Å². The summed E-state index contributed by atoms with van der Waals surface area (Å²) in [6, 6.07) is 6.19. The molecule has 2 atom stereocenters. The van der Waals surface area contributed by atoms with E-state index in [2.05, 4.69) is 20.8 Å². The summed E-state index contributed by atoms with van der Waals surface area (Å²) in [6.45, 7) is 0.908. The average molecular weight is 356 g/mol. The van der Waals surface area contributed by atoms with Crippen molar-refractivity contribution in [2.24, 2.45) is 0 Å². The highest BCUT2D eigenvalue weighted by atomic mass is 19.4. The normalized spacial score (nSPS) is 19.0. The molecule has 1 fully saturated rings. The maximum absolute atomic E-state index is 13.2. The van der Waals surface area contributed by atoms with E-state index in [1.165, 1.54) is 12.1 Å². The second kappa shape index (κ2) is 6.83. The monoisotopic (exact) mass is 356 g/mol. The van der Waals surface area contributed by atoms with Gasteiger partial charge in [-0.05, 0) is 43.1 Å². The number of halogens is 4. The second-order valence-electron chi connectivity index (χ2n) is 5.84. The maximum Gasteiger partial charge on any atom is 0.423 e. The van der Waals surface area contributed by atoms with Crippen molar-refractivity contribution in [3.05, 3.63) is 47.3 Å². The van der Waals surface area contributed by atoms with Crippen molar-refractivity contribution in [3.63, 3.8) is 0 Å². The van der Waals surface area contributed by atoms with Crippen molar-refractivity contribution in [1.29, 1.82) is 0 Å². The fourth-order valence-electron chi connectivity index (χ4n) is 2.70. The lowest BCUT2D eigenvalue weighted by Gasteiger charge is -2.13. The highest BCUT2D eigenvalue weighted by Crippen LogP contribution is 2.36. The molecule has 2 heterocycles. The molecule has 1 aromatic heterocycles. The van der Waals surface area contributed by atoms with Crippen molar-refractivity contribution in [2.75, 3.05) is 11.9 Å². The van der Waals surface area contributed by atoms with E-state index in [4.69, 9.17) is 0 Å². The number of nitrogens with one attached hydrogen (secondary N) is 3. The van der Waals surface area contributed by atoms with Gasteiger partial charge in [-0.1, -0.05) is 12.1 Å². The van der Waals surface area contributed by atoms with Crippen molar-refractivity contribution >= 4 is 11.6 Å². The van der Waals surface area contributed by atoms with Gasteiger partial charge in [-0.3, -0.25) is 9.89 Å². The van der Waals surface area contributed by atoms with Gasteiger partial charge in [-0.2, -0.15) is 18.3 Å². The zero-order valence-electron chi connectivity index (χ0n) is 13.0. The molecule has 2 aromatic rings. The number of carbonyl (C=O) groups excluding carboxylic acids is 1. The Kier molecular flexibility index (Phi) is 4.76. The number of aromatic nitrogens is 2. The number of carbonyl (C=O) groups is 1. The van der Waals surface area contributed by atoms with Gasteiger partial charge < -0.3 is 10.6 Å². The summed E-state index contributed by atoms with van der Waals surface area (Å²) in [4.78, 5) is 12.2. The summed E-state index contributed by atoms with van der Waals surface area (Å²) in [7, 11) is 0. The Balaban J connectivity index is 1.65. The molecule has 3 N–H and O–H groups in total. The Morgan fingerprint density at radius 2 is 2.00 bits per heavy atom. The van der Waals surface area contributed by atoms with Crippen molar-refractivity contribution in [3.8, 4) is 0 Å². The maximum atomic E-state index is 13.2. The first kappa shape index (κ1) is 17.4. The molecule has 2 unspecified atom stereocenters. The van der Waals surface area contributed by atoms with Gasteiger partial charge in [0.2, 0.25) is 6.17 Å². The largest absolute Gasteiger partial charge is 0.423 e. The van der Waals surface area contributed by atoms with Crippen molar-refractivity contribution in [1.82, 2.24) is 15.5 Å². The van der Waals surface area contributed by atoms with E-state index in [-0.39, 0.29) is 17.4 Å². The summed E-state index contributed by atoms with van der Waals surface area (Å²) >= 11 is 0. The Bertz CT molecular complexity index is 735. The zero-order chi connectivity index (χ0) is 18.0. The van der Waals surface area contributed by atoms with Crippen LogP contribution in [0.4, 0.5) is 23.2 Å². The number of benzene rings is 1. The van der Waals surface area contributed by atoms with Crippen LogP contribution in [0.2, 0.25) is 0 Å². The SMILES string of the molecule is O=C(Nc1ccc(C(F)C(F)(F)F)cc1)c1cc(C2CCCN2)[nH]n1. The number of amides is 1. The van der Waals surface area contributed by atoms with Gasteiger partial charge in [0.25, 0.3) is 5.91 Å². The van der Waals surface area contributed by atoms with Gasteiger partial charge in [-0.15, -0.1) is 0 Å². The number of hydrogen-bond acceptors (Lipinski definition) is 3. The van der Waals surface area contributed by atoms with Crippen molar-refractivity contribution in [2.45, 2.75) is 31.2 Å². The molecule has 1 aliphatic heterocycles. The Morgan fingerprint density at radius 3 is 2.60 bits per heavy atom. The predicted molar refractivity (Wildman–Crippen MR) is 82.9 cm³/mol. The molecule has 0 spiro atoms. The molecule has 3 rings (SSSR count). The third-order valence-corrected chi connectivity index (χ3v) is 4.01. The smallest absolute Gasteiger partial charge is 0.321 e. The van der Waals surface area contributed by atoms with Crippen LogP contribution in [0.15, 0.2) is 30.3 Å². The number of hydrogen-bond donors (Lipinski definition) is 3. The fourth-order valence-corrected chi connectivity index (χ4v) is 2.70. The average Bonchev–Trinajstić information content (AvgIpc) is 3.25. The van der Waals surface area contributed by atoms with Gasteiger partial charge in [0.1, 0.15) is 0 Å².